The van der Waals surface area contributed by atoms with Gasteiger partial charge in [0.05, 0.1) is 18.0 Å². The molecule has 0 N–H and O–H groups in total. The second-order valence-corrected chi connectivity index (χ2v) is 8.63. The molecule has 4 rings (SSSR count). The maximum absolute atomic E-state index is 13.2. The van der Waals surface area contributed by atoms with Crippen LogP contribution in [0.1, 0.15) is 16.7 Å². The summed E-state index contributed by atoms with van der Waals surface area (Å²) in [6.45, 7) is 0.419. The molecular weight excluding hydrogens is 433 g/mol. The van der Waals surface area contributed by atoms with Gasteiger partial charge in [-0.1, -0.05) is 78.0 Å². The number of hydrogen-bond acceptors (Lipinski definition) is 4. The molecule has 0 radical (unpaired) electrons. The number of carbonyl (C=O) groups excluding carboxylic acids is 1. The number of amides is 1. The Labute approximate surface area is 189 Å². The molecule has 156 valence electrons. The van der Waals surface area contributed by atoms with E-state index in [4.69, 9.17) is 11.6 Å². The molecule has 1 amide bonds. The molecule has 1 heterocycles. The summed E-state index contributed by atoms with van der Waals surface area (Å²) in [6, 6.07) is 23.2. The van der Waals surface area contributed by atoms with Crippen LogP contribution < -0.4 is 0 Å². The molecule has 1 aliphatic heterocycles. The zero-order chi connectivity index (χ0) is 21.6. The summed E-state index contributed by atoms with van der Waals surface area (Å²) < 4.78 is 13.2. The number of amidine groups is 1. The van der Waals surface area contributed by atoms with Crippen molar-refractivity contribution in [2.45, 2.75) is 18.2 Å². The fourth-order valence-electron chi connectivity index (χ4n) is 3.16. The lowest BCUT2D eigenvalue weighted by atomic mass is 10.1. The highest BCUT2D eigenvalue weighted by atomic mass is 35.5. The average Bonchev–Trinajstić information content (AvgIpc) is 3.06. The van der Waals surface area contributed by atoms with E-state index in [9.17, 15) is 9.18 Å². The third kappa shape index (κ3) is 5.60. The van der Waals surface area contributed by atoms with Crippen LogP contribution in [0.4, 0.5) is 4.39 Å². The Morgan fingerprint density at radius 3 is 2.39 bits per heavy atom. The monoisotopic (exact) mass is 451 g/mol. The number of nitrogens with zero attached hydrogens (tertiary/aromatic N) is 3. The smallest absolute Gasteiger partial charge is 0.242 e. The topological polar surface area (TPSA) is 45.0 Å². The van der Waals surface area contributed by atoms with E-state index < -0.39 is 0 Å². The Kier molecular flexibility index (Phi) is 6.79. The van der Waals surface area contributed by atoms with E-state index >= 15 is 0 Å². The minimum atomic E-state index is -0.335. The van der Waals surface area contributed by atoms with Crippen molar-refractivity contribution in [1.82, 2.24) is 4.90 Å². The first-order valence-corrected chi connectivity index (χ1v) is 11.0. The summed E-state index contributed by atoms with van der Waals surface area (Å²) >= 11 is 7.29. The van der Waals surface area contributed by atoms with Crippen molar-refractivity contribution in [3.05, 3.63) is 106 Å². The zero-order valence-electron chi connectivity index (χ0n) is 16.5. The van der Waals surface area contributed by atoms with Gasteiger partial charge in [-0.05, 0) is 47.4 Å². The second kappa shape index (κ2) is 9.90. The van der Waals surface area contributed by atoms with E-state index in [2.05, 4.69) is 10.2 Å². The molecular formula is C24H19ClFN3OS. The highest BCUT2D eigenvalue weighted by molar-refractivity contribution is 8.15. The molecule has 1 unspecified atom stereocenters. The predicted octanol–water partition coefficient (Wildman–Crippen LogP) is 5.56. The minimum absolute atomic E-state index is 0.0291. The lowest BCUT2D eigenvalue weighted by Gasteiger charge is -2.16. The van der Waals surface area contributed by atoms with Gasteiger partial charge >= 0.3 is 0 Å². The van der Waals surface area contributed by atoms with Crippen molar-refractivity contribution in [3.8, 4) is 0 Å². The normalized spacial score (nSPS) is 17.7. The Morgan fingerprint density at radius 2 is 1.68 bits per heavy atom. The molecule has 0 bridgehead atoms. The first-order valence-electron chi connectivity index (χ1n) is 9.71. The lowest BCUT2D eigenvalue weighted by Crippen LogP contribution is -2.32. The van der Waals surface area contributed by atoms with Gasteiger partial charge in [0.25, 0.3) is 0 Å². The maximum Gasteiger partial charge on any atom is 0.242 e. The summed E-state index contributed by atoms with van der Waals surface area (Å²) in [5, 5.41) is 9.39. The van der Waals surface area contributed by atoms with Crippen LogP contribution in [0.2, 0.25) is 5.02 Å². The van der Waals surface area contributed by atoms with Crippen LogP contribution in [0.5, 0.6) is 0 Å². The minimum Gasteiger partial charge on any atom is -0.284 e. The van der Waals surface area contributed by atoms with Gasteiger partial charge < -0.3 is 0 Å². The van der Waals surface area contributed by atoms with Crippen molar-refractivity contribution in [2.75, 3.05) is 0 Å². The van der Waals surface area contributed by atoms with Crippen LogP contribution in [-0.2, 0) is 17.8 Å². The van der Waals surface area contributed by atoms with Crippen LogP contribution in [0.25, 0.3) is 0 Å². The van der Waals surface area contributed by atoms with Gasteiger partial charge in [-0.2, -0.15) is 5.10 Å². The lowest BCUT2D eigenvalue weighted by molar-refractivity contribution is -0.126. The van der Waals surface area contributed by atoms with E-state index in [0.29, 0.717) is 23.2 Å². The third-order valence-electron chi connectivity index (χ3n) is 4.76. The van der Waals surface area contributed by atoms with Crippen molar-refractivity contribution in [3.63, 3.8) is 0 Å². The Balaban J connectivity index is 1.55. The predicted molar refractivity (Wildman–Crippen MR) is 125 cm³/mol. The van der Waals surface area contributed by atoms with E-state index in [1.807, 2.05) is 42.5 Å². The number of rotatable bonds is 6. The molecule has 3 aromatic rings. The maximum atomic E-state index is 13.2. The van der Waals surface area contributed by atoms with Gasteiger partial charge in [0.15, 0.2) is 5.17 Å². The number of thioether (sulfide) groups is 1. The van der Waals surface area contributed by atoms with Crippen LogP contribution in [0, 0.1) is 5.82 Å². The fourth-order valence-corrected chi connectivity index (χ4v) is 4.42. The van der Waals surface area contributed by atoms with Gasteiger partial charge in [-0.15, -0.1) is 5.10 Å². The van der Waals surface area contributed by atoms with E-state index in [1.165, 1.54) is 23.9 Å². The van der Waals surface area contributed by atoms with Crippen molar-refractivity contribution >= 4 is 40.7 Å². The Morgan fingerprint density at radius 1 is 0.968 bits per heavy atom. The number of hydrogen-bond donors (Lipinski definition) is 0. The summed E-state index contributed by atoms with van der Waals surface area (Å²) in [4.78, 5) is 14.8. The van der Waals surface area contributed by atoms with E-state index in [-0.39, 0.29) is 17.0 Å². The first kappa shape index (κ1) is 21.3. The fraction of sp³-hybridized carbons (Fsp3) is 0.125. The standard InChI is InChI=1S/C24H19ClFN3OS/c25-20-10-6-18(7-11-20)15-27-28-24-29(16-19-4-2-1-3-5-19)23(30)22(31-24)14-17-8-12-21(26)13-9-17/h1-13,15,22H,14,16H2/b27-15+,28-24+. The van der Waals surface area contributed by atoms with Gasteiger partial charge in [-0.25, -0.2) is 4.39 Å². The van der Waals surface area contributed by atoms with Gasteiger partial charge in [-0.3, -0.25) is 9.69 Å². The van der Waals surface area contributed by atoms with Crippen molar-refractivity contribution in [2.24, 2.45) is 10.2 Å². The molecule has 1 saturated heterocycles. The number of benzene rings is 3. The summed E-state index contributed by atoms with van der Waals surface area (Å²) in [5.41, 5.74) is 2.77. The van der Waals surface area contributed by atoms with Crippen LogP contribution in [-0.4, -0.2) is 27.4 Å². The molecule has 0 aromatic heterocycles. The highest BCUT2D eigenvalue weighted by Crippen LogP contribution is 2.31. The zero-order valence-corrected chi connectivity index (χ0v) is 18.1. The largest absolute Gasteiger partial charge is 0.284 e. The molecule has 0 saturated carbocycles. The summed E-state index contributed by atoms with van der Waals surface area (Å²) in [5.74, 6) is -0.322. The first-order chi connectivity index (χ1) is 15.1. The Bertz CT molecular complexity index is 1100. The van der Waals surface area contributed by atoms with Crippen LogP contribution in [0.15, 0.2) is 89.1 Å². The number of carbonyl (C=O) groups is 1. The molecule has 1 fully saturated rings. The van der Waals surface area contributed by atoms with Gasteiger partial charge in [0, 0.05) is 5.02 Å². The molecule has 0 spiro atoms. The van der Waals surface area contributed by atoms with E-state index in [0.717, 1.165) is 16.7 Å². The quantitative estimate of drug-likeness (QED) is 0.364. The summed E-state index contributed by atoms with van der Waals surface area (Å²) in [6.07, 6.45) is 2.12. The molecule has 1 atom stereocenters. The molecule has 7 heteroatoms. The molecule has 31 heavy (non-hydrogen) atoms. The molecule has 4 nitrogen and oxygen atoms in total. The Hall–Kier alpha value is -2.96. The van der Waals surface area contributed by atoms with Crippen molar-refractivity contribution < 1.29 is 9.18 Å². The van der Waals surface area contributed by atoms with Gasteiger partial charge in [0.2, 0.25) is 5.91 Å². The van der Waals surface area contributed by atoms with Crippen molar-refractivity contribution in [1.29, 1.82) is 0 Å². The molecule has 3 aromatic carbocycles. The SMILES string of the molecule is O=C1C(Cc2ccc(F)cc2)S/C(=N/N=C/c2ccc(Cl)cc2)N1Cc1ccccc1. The third-order valence-corrected chi connectivity index (χ3v) is 6.18. The molecule has 1 aliphatic rings. The molecule has 0 aliphatic carbocycles. The summed E-state index contributed by atoms with van der Waals surface area (Å²) in [7, 11) is 0. The van der Waals surface area contributed by atoms with Gasteiger partial charge in [0.1, 0.15) is 5.82 Å². The van der Waals surface area contributed by atoms with E-state index in [1.54, 1.807) is 35.4 Å². The average molecular weight is 452 g/mol. The number of halogens is 2. The van der Waals surface area contributed by atoms with Crippen LogP contribution >= 0.6 is 23.4 Å². The second-order valence-electron chi connectivity index (χ2n) is 7.03. The van der Waals surface area contributed by atoms with Crippen LogP contribution in [0.3, 0.4) is 0 Å². The highest BCUT2D eigenvalue weighted by Gasteiger charge is 2.38.